The van der Waals surface area contributed by atoms with Crippen LogP contribution in [0.3, 0.4) is 0 Å². The van der Waals surface area contributed by atoms with Gasteiger partial charge in [-0.1, -0.05) is 83.3 Å². The van der Waals surface area contributed by atoms with E-state index < -0.39 is 4.33 Å². The molecule has 0 aromatic heterocycles. The van der Waals surface area contributed by atoms with Crippen molar-refractivity contribution in [2.24, 2.45) is 0 Å². The van der Waals surface area contributed by atoms with Crippen LogP contribution in [0.2, 0.25) is 5.02 Å². The van der Waals surface area contributed by atoms with Crippen LogP contribution in [0.4, 0.5) is 0 Å². The fourth-order valence-corrected chi connectivity index (χ4v) is 2.74. The van der Waals surface area contributed by atoms with Crippen LogP contribution < -0.4 is 0 Å². The van der Waals surface area contributed by atoms with E-state index in [-0.39, 0.29) is 0 Å². The molecule has 3 heteroatoms. The molecule has 0 atom stereocenters. The molecule has 2 aromatic carbocycles. The Balaban J connectivity index is 2.28. The van der Waals surface area contributed by atoms with Crippen LogP contribution in [0.25, 0.3) is 0 Å². The normalized spacial score (nSPS) is 11.5. The third-order valence-corrected chi connectivity index (χ3v) is 3.54. The number of hydrogen-bond acceptors (Lipinski definition) is 0. The van der Waals surface area contributed by atoms with Crippen molar-refractivity contribution in [1.82, 2.24) is 0 Å². The van der Waals surface area contributed by atoms with Gasteiger partial charge in [0.2, 0.25) is 0 Å². The minimum absolute atomic E-state index is 0.528. The summed E-state index contributed by atoms with van der Waals surface area (Å²) in [4.78, 5) is 0. The Labute approximate surface area is 116 Å². The molecular formula is C14H11Cl3. The minimum atomic E-state index is -1.00. The lowest BCUT2D eigenvalue weighted by atomic mass is 10.0. The van der Waals surface area contributed by atoms with Gasteiger partial charge in [0.05, 0.1) is 0 Å². The molecule has 2 rings (SSSR count). The molecule has 0 aliphatic heterocycles. The Morgan fingerprint density at radius 3 is 2.06 bits per heavy atom. The Hall–Kier alpha value is -0.690. The van der Waals surface area contributed by atoms with Crippen molar-refractivity contribution in [3.63, 3.8) is 0 Å². The molecule has 0 saturated carbocycles. The van der Waals surface area contributed by atoms with Crippen LogP contribution in [0.15, 0.2) is 54.6 Å². The highest BCUT2D eigenvalue weighted by molar-refractivity contribution is 6.49. The standard InChI is InChI=1S/C14H11Cl3/c15-13-9-5-4-8-12(13)14(16,17)10-11-6-2-1-3-7-11/h1-9H,10H2. The number of hydrogen-bond donors (Lipinski definition) is 0. The second kappa shape index (κ2) is 5.30. The van der Waals surface area contributed by atoms with Gasteiger partial charge in [-0.2, -0.15) is 0 Å². The predicted octanol–water partition coefficient (Wildman–Crippen LogP) is 5.21. The Kier molecular flexibility index (Phi) is 3.98. The summed E-state index contributed by atoms with van der Waals surface area (Å²) in [6, 6.07) is 17.3. The van der Waals surface area contributed by atoms with Crippen LogP contribution in [-0.4, -0.2) is 0 Å². The summed E-state index contributed by atoms with van der Waals surface area (Å²) < 4.78 is -1.00. The van der Waals surface area contributed by atoms with Crippen molar-refractivity contribution in [3.05, 3.63) is 70.7 Å². The fraction of sp³-hybridized carbons (Fsp3) is 0.143. The highest BCUT2D eigenvalue weighted by Gasteiger charge is 2.28. The first-order chi connectivity index (χ1) is 8.09. The number of benzene rings is 2. The van der Waals surface area contributed by atoms with E-state index in [1.807, 2.05) is 48.5 Å². The van der Waals surface area contributed by atoms with Gasteiger partial charge < -0.3 is 0 Å². The molecule has 0 fully saturated rings. The lowest BCUT2D eigenvalue weighted by Crippen LogP contribution is -2.14. The monoisotopic (exact) mass is 284 g/mol. The van der Waals surface area contributed by atoms with E-state index in [0.717, 1.165) is 11.1 Å². The molecule has 0 amide bonds. The van der Waals surface area contributed by atoms with Gasteiger partial charge >= 0.3 is 0 Å². The molecule has 0 radical (unpaired) electrons. The largest absolute Gasteiger partial charge is 0.148 e. The van der Waals surface area contributed by atoms with Crippen molar-refractivity contribution in [2.45, 2.75) is 10.8 Å². The highest BCUT2D eigenvalue weighted by atomic mass is 35.5. The van der Waals surface area contributed by atoms with Crippen LogP contribution >= 0.6 is 34.8 Å². The quantitative estimate of drug-likeness (QED) is 0.679. The smallest absolute Gasteiger partial charge is 0.0959 e. The van der Waals surface area contributed by atoms with Gasteiger partial charge in [0.25, 0.3) is 0 Å². The first-order valence-electron chi connectivity index (χ1n) is 5.26. The maximum atomic E-state index is 6.38. The lowest BCUT2D eigenvalue weighted by molar-refractivity contribution is 0.837. The molecule has 88 valence electrons. The number of alkyl halides is 2. The van der Waals surface area contributed by atoms with Crippen molar-refractivity contribution < 1.29 is 0 Å². The zero-order chi connectivity index (χ0) is 12.3. The predicted molar refractivity (Wildman–Crippen MR) is 75.0 cm³/mol. The van der Waals surface area contributed by atoms with Crippen molar-refractivity contribution >= 4 is 34.8 Å². The second-order valence-corrected chi connectivity index (χ2v) is 5.74. The summed E-state index contributed by atoms with van der Waals surface area (Å²) in [6.07, 6.45) is 0.528. The topological polar surface area (TPSA) is 0 Å². The summed E-state index contributed by atoms with van der Waals surface area (Å²) in [6.45, 7) is 0. The molecular weight excluding hydrogens is 275 g/mol. The van der Waals surface area contributed by atoms with Crippen molar-refractivity contribution in [2.75, 3.05) is 0 Å². The third-order valence-electron chi connectivity index (χ3n) is 2.54. The van der Waals surface area contributed by atoms with Gasteiger partial charge in [0, 0.05) is 17.0 Å². The van der Waals surface area contributed by atoms with E-state index in [4.69, 9.17) is 34.8 Å². The molecule has 17 heavy (non-hydrogen) atoms. The molecule has 0 N–H and O–H groups in total. The second-order valence-electron chi connectivity index (χ2n) is 3.85. The maximum absolute atomic E-state index is 6.38. The molecule has 2 aromatic rings. The van der Waals surface area contributed by atoms with E-state index in [9.17, 15) is 0 Å². The van der Waals surface area contributed by atoms with Crippen LogP contribution in [0.1, 0.15) is 11.1 Å². The summed E-state index contributed by atoms with van der Waals surface area (Å²) in [7, 11) is 0. The Bertz CT molecular complexity index is 492. The lowest BCUT2D eigenvalue weighted by Gasteiger charge is -2.21. The van der Waals surface area contributed by atoms with E-state index in [1.165, 1.54) is 0 Å². The van der Waals surface area contributed by atoms with Gasteiger partial charge in [-0.3, -0.25) is 0 Å². The summed E-state index contributed by atoms with van der Waals surface area (Å²) in [5.41, 5.74) is 1.83. The van der Waals surface area contributed by atoms with Gasteiger partial charge in [-0.05, 0) is 11.6 Å². The van der Waals surface area contributed by atoms with E-state index in [0.29, 0.717) is 11.4 Å². The SMILES string of the molecule is Clc1ccccc1C(Cl)(Cl)Cc1ccccc1. The van der Waals surface area contributed by atoms with Crippen molar-refractivity contribution in [1.29, 1.82) is 0 Å². The molecule has 0 nitrogen and oxygen atoms in total. The molecule has 0 bridgehead atoms. The Morgan fingerprint density at radius 2 is 1.41 bits per heavy atom. The first-order valence-corrected chi connectivity index (χ1v) is 6.40. The maximum Gasteiger partial charge on any atom is 0.148 e. The van der Waals surface area contributed by atoms with E-state index >= 15 is 0 Å². The van der Waals surface area contributed by atoms with E-state index in [1.54, 1.807) is 6.07 Å². The first kappa shape index (κ1) is 12.8. The van der Waals surface area contributed by atoms with Crippen LogP contribution in [0.5, 0.6) is 0 Å². The molecule has 0 heterocycles. The van der Waals surface area contributed by atoms with Crippen LogP contribution in [0, 0.1) is 0 Å². The zero-order valence-corrected chi connectivity index (χ0v) is 11.3. The highest BCUT2D eigenvalue weighted by Crippen LogP contribution is 2.40. The molecule has 0 aliphatic rings. The van der Waals surface area contributed by atoms with Gasteiger partial charge in [-0.25, -0.2) is 0 Å². The fourth-order valence-electron chi connectivity index (χ4n) is 1.71. The average molecular weight is 286 g/mol. The average Bonchev–Trinajstić information content (AvgIpc) is 2.30. The van der Waals surface area contributed by atoms with Gasteiger partial charge in [0.1, 0.15) is 4.33 Å². The summed E-state index contributed by atoms with van der Waals surface area (Å²) >= 11 is 18.9. The van der Waals surface area contributed by atoms with Crippen LogP contribution in [-0.2, 0) is 10.8 Å². The third kappa shape index (κ3) is 3.16. The van der Waals surface area contributed by atoms with Gasteiger partial charge in [0.15, 0.2) is 0 Å². The molecule has 0 unspecified atom stereocenters. The zero-order valence-electron chi connectivity index (χ0n) is 9.04. The number of halogens is 3. The van der Waals surface area contributed by atoms with E-state index in [2.05, 4.69) is 0 Å². The minimum Gasteiger partial charge on any atom is -0.0959 e. The number of rotatable bonds is 3. The summed E-state index contributed by atoms with van der Waals surface area (Å²) in [5, 5.41) is 0.591. The summed E-state index contributed by atoms with van der Waals surface area (Å²) in [5.74, 6) is 0. The Morgan fingerprint density at radius 1 is 0.824 bits per heavy atom. The molecule has 0 aliphatic carbocycles. The molecule has 0 saturated heterocycles. The van der Waals surface area contributed by atoms with Gasteiger partial charge in [-0.15, -0.1) is 0 Å². The molecule has 0 spiro atoms. The van der Waals surface area contributed by atoms with Crippen molar-refractivity contribution in [3.8, 4) is 0 Å².